The molecule has 2 N–H and O–H groups in total. The summed E-state index contributed by atoms with van der Waals surface area (Å²) in [6.07, 6.45) is 0. The summed E-state index contributed by atoms with van der Waals surface area (Å²) in [5, 5.41) is 18.0. The van der Waals surface area contributed by atoms with Crippen LogP contribution >= 0.6 is 0 Å². The molecule has 0 aliphatic heterocycles. The Kier molecular flexibility index (Phi) is 6.70. The Hall–Kier alpha value is -4.53. The van der Waals surface area contributed by atoms with Gasteiger partial charge in [-0.2, -0.15) is 4.80 Å². The lowest BCUT2D eigenvalue weighted by Gasteiger charge is -2.08. The molecular formula is C24H22N6O3. The van der Waals surface area contributed by atoms with Gasteiger partial charge in [-0.25, -0.2) is 0 Å². The Balaban J connectivity index is 1.43. The van der Waals surface area contributed by atoms with E-state index >= 15 is 0 Å². The van der Waals surface area contributed by atoms with Crippen molar-refractivity contribution >= 4 is 23.2 Å². The number of nitrogens with zero attached hydrogens (tertiary/aromatic N) is 4. The number of aromatic nitrogens is 4. The molecule has 33 heavy (non-hydrogen) atoms. The third kappa shape index (κ3) is 5.59. The third-order valence-corrected chi connectivity index (χ3v) is 4.64. The highest BCUT2D eigenvalue weighted by molar-refractivity contribution is 6.06. The maximum atomic E-state index is 12.5. The predicted octanol–water partition coefficient (Wildman–Crippen LogP) is 3.63. The maximum Gasteiger partial charge on any atom is 0.255 e. The largest absolute Gasteiger partial charge is 0.494 e. The average molecular weight is 442 g/mol. The van der Waals surface area contributed by atoms with E-state index in [4.69, 9.17) is 4.74 Å². The fraction of sp³-hybridized carbons (Fsp3) is 0.125. The van der Waals surface area contributed by atoms with Crippen LogP contribution in [0.1, 0.15) is 17.3 Å². The van der Waals surface area contributed by atoms with Crippen molar-refractivity contribution in [2.24, 2.45) is 0 Å². The molecule has 2 amide bonds. The van der Waals surface area contributed by atoms with Crippen LogP contribution in [0, 0.1) is 0 Å². The van der Waals surface area contributed by atoms with Crippen LogP contribution in [-0.2, 0) is 11.3 Å². The molecule has 0 saturated carbocycles. The van der Waals surface area contributed by atoms with Gasteiger partial charge >= 0.3 is 0 Å². The lowest BCUT2D eigenvalue weighted by atomic mass is 10.1. The smallest absolute Gasteiger partial charge is 0.255 e. The average Bonchev–Trinajstić information content (AvgIpc) is 3.29. The number of carbonyl (C=O) groups excluding carboxylic acids is 2. The molecule has 0 aliphatic carbocycles. The van der Waals surface area contributed by atoms with E-state index in [0.717, 1.165) is 5.75 Å². The summed E-state index contributed by atoms with van der Waals surface area (Å²) in [4.78, 5) is 26.1. The Labute approximate surface area is 190 Å². The first kappa shape index (κ1) is 21.7. The highest BCUT2D eigenvalue weighted by Gasteiger charge is 2.15. The summed E-state index contributed by atoms with van der Waals surface area (Å²) in [6.45, 7) is 2.37. The minimum Gasteiger partial charge on any atom is -0.494 e. The molecule has 0 atom stereocenters. The van der Waals surface area contributed by atoms with Crippen LogP contribution in [0.5, 0.6) is 5.75 Å². The van der Waals surface area contributed by atoms with E-state index in [1.165, 1.54) is 4.80 Å². The van der Waals surface area contributed by atoms with Gasteiger partial charge < -0.3 is 15.4 Å². The number of amides is 2. The van der Waals surface area contributed by atoms with Gasteiger partial charge in [0.05, 0.1) is 12.3 Å². The zero-order chi connectivity index (χ0) is 23.0. The standard InChI is InChI=1S/C24H22N6O3/c1-2-33-19-14-12-18(13-15-19)25-22(31)16-30-28-23(27-29-30)20-10-6-7-11-21(20)26-24(32)17-8-4-3-5-9-17/h3-15H,2,16H2,1H3,(H,25,31)(H,26,32). The van der Waals surface area contributed by atoms with Crippen molar-refractivity contribution in [2.75, 3.05) is 17.2 Å². The Morgan fingerprint density at radius 2 is 1.64 bits per heavy atom. The van der Waals surface area contributed by atoms with Gasteiger partial charge in [0.1, 0.15) is 12.3 Å². The molecule has 9 heteroatoms. The SMILES string of the molecule is CCOc1ccc(NC(=O)Cn2nnc(-c3ccccc3NC(=O)c3ccccc3)n2)cc1. The highest BCUT2D eigenvalue weighted by Crippen LogP contribution is 2.25. The molecule has 0 bridgehead atoms. The Bertz CT molecular complexity index is 1240. The quantitative estimate of drug-likeness (QED) is 0.431. The van der Waals surface area contributed by atoms with Gasteiger partial charge in [-0.05, 0) is 60.7 Å². The first-order chi connectivity index (χ1) is 16.1. The normalized spacial score (nSPS) is 10.5. The number of benzene rings is 3. The van der Waals surface area contributed by atoms with Crippen molar-refractivity contribution in [2.45, 2.75) is 13.5 Å². The number of tetrazole rings is 1. The zero-order valence-corrected chi connectivity index (χ0v) is 17.9. The molecule has 4 aromatic rings. The fourth-order valence-electron chi connectivity index (χ4n) is 3.12. The number of ether oxygens (including phenoxy) is 1. The molecule has 0 spiro atoms. The lowest BCUT2D eigenvalue weighted by molar-refractivity contribution is -0.117. The number of para-hydroxylation sites is 1. The van der Waals surface area contributed by atoms with E-state index in [1.807, 2.05) is 19.1 Å². The molecule has 0 unspecified atom stereocenters. The van der Waals surface area contributed by atoms with Gasteiger partial charge in [-0.3, -0.25) is 9.59 Å². The van der Waals surface area contributed by atoms with Crippen LogP contribution in [0.2, 0.25) is 0 Å². The number of rotatable bonds is 8. The lowest BCUT2D eigenvalue weighted by Crippen LogP contribution is -2.20. The predicted molar refractivity (Wildman–Crippen MR) is 124 cm³/mol. The topological polar surface area (TPSA) is 111 Å². The minimum absolute atomic E-state index is 0.112. The number of hydrogen-bond acceptors (Lipinski definition) is 6. The summed E-state index contributed by atoms with van der Waals surface area (Å²) >= 11 is 0. The molecule has 0 radical (unpaired) electrons. The second-order valence-electron chi connectivity index (χ2n) is 7.01. The van der Waals surface area contributed by atoms with Crippen molar-refractivity contribution < 1.29 is 14.3 Å². The van der Waals surface area contributed by atoms with E-state index in [-0.39, 0.29) is 18.4 Å². The van der Waals surface area contributed by atoms with Crippen LogP contribution in [0.3, 0.4) is 0 Å². The summed E-state index contributed by atoms with van der Waals surface area (Å²) in [6, 6.07) is 23.1. The molecule has 1 aromatic heterocycles. The monoisotopic (exact) mass is 442 g/mol. The van der Waals surface area contributed by atoms with Gasteiger partial charge in [0.2, 0.25) is 11.7 Å². The molecule has 4 rings (SSSR count). The van der Waals surface area contributed by atoms with Crippen molar-refractivity contribution in [3.05, 3.63) is 84.4 Å². The zero-order valence-electron chi connectivity index (χ0n) is 17.9. The van der Waals surface area contributed by atoms with Gasteiger partial charge in [0, 0.05) is 16.8 Å². The number of hydrogen-bond donors (Lipinski definition) is 2. The molecule has 9 nitrogen and oxygen atoms in total. The van der Waals surface area contributed by atoms with E-state index in [1.54, 1.807) is 66.7 Å². The van der Waals surface area contributed by atoms with E-state index in [9.17, 15) is 9.59 Å². The van der Waals surface area contributed by atoms with Crippen LogP contribution < -0.4 is 15.4 Å². The van der Waals surface area contributed by atoms with Crippen molar-refractivity contribution in [1.29, 1.82) is 0 Å². The van der Waals surface area contributed by atoms with Gasteiger partial charge in [-0.1, -0.05) is 30.3 Å². The Morgan fingerprint density at radius 1 is 0.909 bits per heavy atom. The minimum atomic E-state index is -0.297. The van der Waals surface area contributed by atoms with E-state index in [0.29, 0.717) is 34.9 Å². The number of carbonyl (C=O) groups is 2. The molecule has 1 heterocycles. The molecule has 166 valence electrons. The number of nitrogens with one attached hydrogen (secondary N) is 2. The summed E-state index contributed by atoms with van der Waals surface area (Å²) < 4.78 is 5.39. The van der Waals surface area contributed by atoms with E-state index < -0.39 is 0 Å². The second kappa shape index (κ2) is 10.2. The third-order valence-electron chi connectivity index (χ3n) is 4.64. The van der Waals surface area contributed by atoms with Gasteiger partial charge in [0.25, 0.3) is 5.91 Å². The molecular weight excluding hydrogens is 420 g/mol. The first-order valence-corrected chi connectivity index (χ1v) is 10.4. The summed E-state index contributed by atoms with van der Waals surface area (Å²) in [5.74, 6) is 0.489. The van der Waals surface area contributed by atoms with Crippen molar-refractivity contribution in [3.8, 4) is 17.1 Å². The van der Waals surface area contributed by atoms with Crippen LogP contribution in [-0.4, -0.2) is 38.6 Å². The van der Waals surface area contributed by atoms with Crippen LogP contribution in [0.4, 0.5) is 11.4 Å². The van der Waals surface area contributed by atoms with Crippen LogP contribution in [0.25, 0.3) is 11.4 Å². The Morgan fingerprint density at radius 3 is 2.39 bits per heavy atom. The van der Waals surface area contributed by atoms with Crippen molar-refractivity contribution in [3.63, 3.8) is 0 Å². The summed E-state index contributed by atoms with van der Waals surface area (Å²) in [5.41, 5.74) is 2.32. The first-order valence-electron chi connectivity index (χ1n) is 10.4. The maximum absolute atomic E-state index is 12.5. The molecule has 3 aromatic carbocycles. The molecule has 0 aliphatic rings. The van der Waals surface area contributed by atoms with Gasteiger partial charge in [-0.15, -0.1) is 10.2 Å². The number of anilines is 2. The second-order valence-corrected chi connectivity index (χ2v) is 7.01. The summed E-state index contributed by atoms with van der Waals surface area (Å²) in [7, 11) is 0. The van der Waals surface area contributed by atoms with E-state index in [2.05, 4.69) is 26.0 Å². The molecule has 0 saturated heterocycles. The van der Waals surface area contributed by atoms with Crippen molar-refractivity contribution in [1.82, 2.24) is 20.2 Å². The molecule has 0 fully saturated rings. The van der Waals surface area contributed by atoms with Crippen LogP contribution in [0.15, 0.2) is 78.9 Å². The van der Waals surface area contributed by atoms with Gasteiger partial charge in [0.15, 0.2) is 0 Å². The highest BCUT2D eigenvalue weighted by atomic mass is 16.5. The fourth-order valence-corrected chi connectivity index (χ4v) is 3.12.